The highest BCUT2D eigenvalue weighted by molar-refractivity contribution is 6.24. The lowest BCUT2D eigenvalue weighted by atomic mass is 9.57. The van der Waals surface area contributed by atoms with Crippen molar-refractivity contribution in [2.75, 3.05) is 51.7 Å². The maximum absolute atomic E-state index is 14.3. The smallest absolute Gasteiger partial charge is 0.413 e. The molecular formula is C38H44FN5O12. The van der Waals surface area contributed by atoms with Crippen LogP contribution in [-0.4, -0.2) is 124 Å². The van der Waals surface area contributed by atoms with Gasteiger partial charge in [-0.15, -0.1) is 0 Å². The Labute approximate surface area is 320 Å². The molecule has 1 saturated carbocycles. The number of hydrogen-bond acceptors (Lipinski definition) is 14. The van der Waals surface area contributed by atoms with Crippen LogP contribution >= 0.6 is 0 Å². The van der Waals surface area contributed by atoms with Crippen molar-refractivity contribution < 1.29 is 63.1 Å². The number of ketones is 2. The topological polar surface area (TPSA) is 250 Å². The van der Waals surface area contributed by atoms with Crippen LogP contribution < -0.4 is 16.0 Å². The van der Waals surface area contributed by atoms with Crippen LogP contribution in [0.5, 0.6) is 5.75 Å². The van der Waals surface area contributed by atoms with Gasteiger partial charge in [-0.2, -0.15) is 0 Å². The predicted octanol–water partition coefficient (Wildman–Crippen LogP) is 2.16. The largest absolute Gasteiger partial charge is 0.508 e. The number of esters is 1. The second-order valence-corrected chi connectivity index (χ2v) is 15.3. The van der Waals surface area contributed by atoms with Crippen LogP contribution in [0, 0.1) is 17.7 Å². The summed E-state index contributed by atoms with van der Waals surface area (Å²) in [6.45, 7) is 3.36. The zero-order valence-electron chi connectivity index (χ0n) is 31.8. The van der Waals surface area contributed by atoms with E-state index in [1.54, 1.807) is 39.8 Å². The first-order valence-corrected chi connectivity index (χ1v) is 17.4. The Kier molecular flexibility index (Phi) is 11.0. The number of fused-ring (bicyclic) bond motifs is 3. The number of benzene rings is 2. The number of primary amides is 1. The van der Waals surface area contributed by atoms with Gasteiger partial charge in [0.05, 0.1) is 22.9 Å². The molecule has 3 aliphatic rings. The van der Waals surface area contributed by atoms with Gasteiger partial charge in [-0.1, -0.05) is 0 Å². The van der Waals surface area contributed by atoms with E-state index in [0.29, 0.717) is 11.3 Å². The number of aliphatic hydroxyl groups excluding tert-OH is 2. The number of carbonyl (C=O) groups is 6. The SMILES string of the molecule is CN(C)c1cc(NC(=O)CN(C(=O)OCOC(=O)c2ccc(F)cc2)C(C)(C)C)c(O)c2c1C[C@H]1C[C@H]3[C@H](N(C)C)C(=O)C(C(N)=O)=C(O)[C@@]3(O)C(=O)C1=C2O. The molecule has 0 bridgehead atoms. The lowest BCUT2D eigenvalue weighted by Gasteiger charge is -2.50. The van der Waals surface area contributed by atoms with Crippen LogP contribution in [0.15, 0.2) is 47.2 Å². The van der Waals surface area contributed by atoms with Crippen molar-refractivity contribution in [2.45, 2.75) is 50.8 Å². The third kappa shape index (κ3) is 7.12. The van der Waals surface area contributed by atoms with E-state index in [2.05, 4.69) is 5.32 Å². The quantitative estimate of drug-likeness (QED) is 0.0924. The van der Waals surface area contributed by atoms with E-state index in [1.165, 1.54) is 37.2 Å². The van der Waals surface area contributed by atoms with E-state index in [1.807, 2.05) is 0 Å². The average molecular weight is 782 g/mol. The van der Waals surface area contributed by atoms with Gasteiger partial charge in [-0.3, -0.25) is 29.0 Å². The van der Waals surface area contributed by atoms with E-state index in [9.17, 15) is 53.6 Å². The number of amides is 3. The number of hydrogen-bond donors (Lipinski definition) is 6. The maximum atomic E-state index is 14.3. The van der Waals surface area contributed by atoms with Crippen molar-refractivity contribution in [3.05, 3.63) is 69.7 Å². The van der Waals surface area contributed by atoms with Crippen LogP contribution in [0.1, 0.15) is 48.7 Å². The number of aromatic hydroxyl groups is 1. The Morgan fingerprint density at radius 2 is 1.64 bits per heavy atom. The highest BCUT2D eigenvalue weighted by atomic mass is 19.1. The molecule has 3 amide bonds. The van der Waals surface area contributed by atoms with Crippen LogP contribution in [0.4, 0.5) is 20.6 Å². The van der Waals surface area contributed by atoms with Gasteiger partial charge in [0, 0.05) is 36.8 Å². The van der Waals surface area contributed by atoms with E-state index in [0.717, 1.165) is 17.0 Å². The second kappa shape index (κ2) is 14.9. The first-order valence-electron chi connectivity index (χ1n) is 17.4. The number of ether oxygens (including phenoxy) is 2. The van der Waals surface area contributed by atoms with E-state index in [-0.39, 0.29) is 35.2 Å². The Hall–Kier alpha value is -6.01. The fourth-order valence-corrected chi connectivity index (χ4v) is 7.58. The molecule has 0 unspecified atom stereocenters. The van der Waals surface area contributed by atoms with E-state index in [4.69, 9.17) is 15.2 Å². The van der Waals surface area contributed by atoms with Gasteiger partial charge in [0.1, 0.15) is 35.2 Å². The van der Waals surface area contributed by atoms with Gasteiger partial charge in [-0.25, -0.2) is 14.0 Å². The number of phenolic OH excluding ortho intramolecular Hbond substituents is 1. The summed E-state index contributed by atoms with van der Waals surface area (Å²) in [4.78, 5) is 82.8. The standard InChI is InChI=1S/C38H44FN5O12/c1-37(2,3)44(36(53)56-16-55-35(52)17-8-10-19(39)11-9-17)15-24(45)41-22-14-23(42(4)5)20-12-18-13-21-28(43(6)7)31(48)27(34(40)51)33(50)38(21,54)32(49)25(18)30(47)26(20)29(22)46/h8-11,14,18,21,28,46-47,50,54H,12-13,15-16H2,1-7H3,(H2,40,51)(H,41,45)/t18-,21-,28-,38-/m0/s1. The third-order valence-corrected chi connectivity index (χ3v) is 10.2. The molecule has 0 aliphatic heterocycles. The third-order valence-electron chi connectivity index (χ3n) is 10.2. The summed E-state index contributed by atoms with van der Waals surface area (Å²) < 4.78 is 23.2. The number of nitrogens with zero attached hydrogens (tertiary/aromatic N) is 3. The number of nitrogens with two attached hydrogens (primary N) is 1. The Bertz CT molecular complexity index is 2090. The monoisotopic (exact) mass is 781 g/mol. The molecule has 0 spiro atoms. The summed E-state index contributed by atoms with van der Waals surface area (Å²) in [5.41, 5.74) is 0.536. The number of aliphatic hydroxyl groups is 3. The average Bonchev–Trinajstić information content (AvgIpc) is 3.09. The Balaban J connectivity index is 1.45. The molecule has 0 saturated heterocycles. The minimum absolute atomic E-state index is 0.0113. The molecule has 18 heteroatoms. The minimum Gasteiger partial charge on any atom is -0.508 e. The van der Waals surface area contributed by atoms with Crippen LogP contribution in [-0.2, 0) is 35.1 Å². The number of rotatable bonds is 9. The lowest BCUT2D eigenvalue weighted by molar-refractivity contribution is -0.153. The number of nitrogens with one attached hydrogen (secondary N) is 1. The molecule has 2 aromatic rings. The maximum Gasteiger partial charge on any atom is 0.413 e. The van der Waals surface area contributed by atoms with Gasteiger partial charge < -0.3 is 45.9 Å². The summed E-state index contributed by atoms with van der Waals surface area (Å²) in [6.07, 6.45) is -1.14. The van der Waals surface area contributed by atoms with Gasteiger partial charge in [0.2, 0.25) is 18.5 Å². The van der Waals surface area contributed by atoms with Gasteiger partial charge in [-0.05, 0) is 89.5 Å². The number of phenols is 1. The van der Waals surface area contributed by atoms with Gasteiger partial charge in [0.15, 0.2) is 11.4 Å². The Morgan fingerprint density at radius 1 is 1.02 bits per heavy atom. The summed E-state index contributed by atoms with van der Waals surface area (Å²) in [7, 11) is 6.33. The lowest BCUT2D eigenvalue weighted by Crippen LogP contribution is -2.65. The molecule has 0 radical (unpaired) electrons. The van der Waals surface area contributed by atoms with Crippen molar-refractivity contribution in [3.8, 4) is 5.75 Å². The van der Waals surface area contributed by atoms with Gasteiger partial charge in [0.25, 0.3) is 5.91 Å². The molecule has 3 aliphatic carbocycles. The summed E-state index contributed by atoms with van der Waals surface area (Å²) in [5.74, 6) is -10.4. The van der Waals surface area contributed by atoms with Gasteiger partial charge >= 0.3 is 12.1 Å². The molecule has 7 N–H and O–H groups in total. The number of halogens is 1. The molecule has 2 aromatic carbocycles. The molecule has 1 fully saturated rings. The number of anilines is 2. The molecule has 17 nitrogen and oxygen atoms in total. The Morgan fingerprint density at radius 3 is 2.20 bits per heavy atom. The summed E-state index contributed by atoms with van der Waals surface area (Å²) >= 11 is 0. The number of Topliss-reactive ketones (excluding diaryl/α,β-unsaturated/α-hetero) is 2. The molecule has 0 aromatic heterocycles. The zero-order chi connectivity index (χ0) is 41.8. The summed E-state index contributed by atoms with van der Waals surface area (Å²) in [5, 5.41) is 48.9. The number of likely N-dealkylation sites (N-methyl/N-ethyl adjacent to an activating group) is 1. The normalized spacial score (nSPS) is 21.9. The first kappa shape index (κ1) is 41.2. The minimum atomic E-state index is -2.83. The van der Waals surface area contributed by atoms with Crippen molar-refractivity contribution in [3.63, 3.8) is 0 Å². The highest BCUT2D eigenvalue weighted by Gasteiger charge is 2.64. The van der Waals surface area contributed by atoms with Crippen LogP contribution in [0.3, 0.4) is 0 Å². The molecule has 56 heavy (non-hydrogen) atoms. The first-order chi connectivity index (χ1) is 26.0. The fourth-order valence-electron chi connectivity index (χ4n) is 7.58. The molecule has 300 valence electrons. The zero-order valence-corrected chi connectivity index (χ0v) is 31.8. The van der Waals surface area contributed by atoms with Crippen molar-refractivity contribution in [2.24, 2.45) is 17.6 Å². The fraction of sp³-hybridized carbons (Fsp3) is 0.421. The van der Waals surface area contributed by atoms with Crippen molar-refractivity contribution >= 4 is 52.6 Å². The van der Waals surface area contributed by atoms with E-state index < -0.39 is 106 Å². The van der Waals surface area contributed by atoms with Crippen LogP contribution in [0.25, 0.3) is 5.76 Å². The molecular weight excluding hydrogens is 737 g/mol. The predicted molar refractivity (Wildman–Crippen MR) is 197 cm³/mol. The molecule has 0 heterocycles. The molecule has 5 rings (SSSR count). The van der Waals surface area contributed by atoms with Crippen molar-refractivity contribution in [1.82, 2.24) is 9.80 Å². The van der Waals surface area contributed by atoms with Crippen molar-refractivity contribution in [1.29, 1.82) is 0 Å². The number of carbonyl (C=O) groups excluding carboxylic acids is 6. The van der Waals surface area contributed by atoms with Crippen LogP contribution in [0.2, 0.25) is 0 Å². The summed E-state index contributed by atoms with van der Waals surface area (Å²) in [6, 6.07) is 4.67. The molecule has 4 atom stereocenters. The second-order valence-electron chi connectivity index (χ2n) is 15.3. The highest BCUT2D eigenvalue weighted by Crippen LogP contribution is 2.54. The van der Waals surface area contributed by atoms with E-state index >= 15 is 0 Å².